The number of thioether (sulfide) groups is 1. The van der Waals surface area contributed by atoms with E-state index in [1.807, 2.05) is 38.1 Å². The van der Waals surface area contributed by atoms with Crippen molar-refractivity contribution < 1.29 is 9.18 Å². The predicted octanol–water partition coefficient (Wildman–Crippen LogP) is 4.29. The minimum atomic E-state index is -0.351. The Balaban J connectivity index is 1.63. The monoisotopic (exact) mass is 398 g/mol. The molecule has 1 aromatic heterocycles. The summed E-state index contributed by atoms with van der Waals surface area (Å²) >= 11 is 1.28. The van der Waals surface area contributed by atoms with E-state index in [0.29, 0.717) is 16.5 Å². The zero-order valence-electron chi connectivity index (χ0n) is 16.1. The molecule has 146 valence electrons. The summed E-state index contributed by atoms with van der Waals surface area (Å²) in [4.78, 5) is 12.4. The molecule has 2 aromatic carbocycles. The summed E-state index contributed by atoms with van der Waals surface area (Å²) in [6.45, 7) is 4.08. The Morgan fingerprint density at radius 1 is 1.18 bits per heavy atom. The molecule has 28 heavy (non-hydrogen) atoms. The highest BCUT2D eigenvalue weighted by atomic mass is 32.2. The maximum atomic E-state index is 14.0. The zero-order valence-corrected chi connectivity index (χ0v) is 17.0. The van der Waals surface area contributed by atoms with Crippen LogP contribution < -0.4 is 5.32 Å². The first-order valence-electron chi connectivity index (χ1n) is 9.12. The van der Waals surface area contributed by atoms with Crippen LogP contribution in [0.1, 0.15) is 30.5 Å². The molecule has 1 atom stereocenters. The van der Waals surface area contributed by atoms with Crippen molar-refractivity contribution in [2.45, 2.75) is 31.5 Å². The minimum Gasteiger partial charge on any atom is -0.349 e. The van der Waals surface area contributed by atoms with Crippen LogP contribution in [0.3, 0.4) is 0 Å². The average molecular weight is 399 g/mol. The van der Waals surface area contributed by atoms with Crippen molar-refractivity contribution in [2.75, 3.05) is 5.75 Å². The Morgan fingerprint density at radius 3 is 2.57 bits per heavy atom. The number of nitrogens with zero attached hydrogens (tertiary/aromatic N) is 3. The first-order valence-corrected chi connectivity index (χ1v) is 10.1. The number of carbonyl (C=O) groups excluding carboxylic acids is 1. The Hall–Kier alpha value is -2.67. The molecule has 0 saturated carbocycles. The third-order valence-corrected chi connectivity index (χ3v) is 5.53. The van der Waals surface area contributed by atoms with Crippen molar-refractivity contribution in [3.05, 3.63) is 65.5 Å². The molecule has 0 aliphatic rings. The number of hydrogen-bond donors (Lipinski definition) is 1. The van der Waals surface area contributed by atoms with Gasteiger partial charge in [0.15, 0.2) is 11.0 Å². The van der Waals surface area contributed by atoms with Gasteiger partial charge < -0.3 is 9.88 Å². The molecule has 0 saturated heterocycles. The molecule has 0 aliphatic heterocycles. The molecular weight excluding hydrogens is 375 g/mol. The number of benzene rings is 2. The Morgan fingerprint density at radius 2 is 1.89 bits per heavy atom. The molecule has 0 unspecified atom stereocenters. The number of hydrogen-bond acceptors (Lipinski definition) is 4. The Kier molecular flexibility index (Phi) is 6.46. The van der Waals surface area contributed by atoms with E-state index in [1.54, 1.807) is 29.8 Å². The summed E-state index contributed by atoms with van der Waals surface area (Å²) < 4.78 is 15.7. The standard InChI is InChI=1S/C21H23FN4OS/c1-4-18(15-11-9-14(2)10-12-15)23-19(27)13-28-21-25-24-20(26(21)3)16-7-5-6-8-17(16)22/h5-12,18H,4,13H2,1-3H3,(H,23,27)/t18-/m0/s1. The summed E-state index contributed by atoms with van der Waals surface area (Å²) in [7, 11) is 1.77. The van der Waals surface area contributed by atoms with Gasteiger partial charge in [0, 0.05) is 7.05 Å². The molecule has 1 heterocycles. The van der Waals surface area contributed by atoms with Crippen LogP contribution in [0.4, 0.5) is 4.39 Å². The van der Waals surface area contributed by atoms with Crippen LogP contribution in [0.15, 0.2) is 53.7 Å². The van der Waals surface area contributed by atoms with E-state index in [1.165, 1.54) is 23.4 Å². The van der Waals surface area contributed by atoms with Gasteiger partial charge in [0.05, 0.1) is 17.4 Å². The van der Waals surface area contributed by atoms with Gasteiger partial charge in [-0.05, 0) is 31.0 Å². The smallest absolute Gasteiger partial charge is 0.230 e. The number of carbonyl (C=O) groups is 1. The lowest BCUT2D eigenvalue weighted by atomic mass is 10.0. The molecule has 0 aliphatic carbocycles. The first kappa shape index (κ1) is 20.1. The van der Waals surface area contributed by atoms with Gasteiger partial charge >= 0.3 is 0 Å². The van der Waals surface area contributed by atoms with Crippen LogP contribution in [0, 0.1) is 12.7 Å². The fourth-order valence-corrected chi connectivity index (χ4v) is 3.63. The SMILES string of the molecule is CC[C@H](NC(=O)CSc1nnc(-c2ccccc2F)n1C)c1ccc(C)cc1. The zero-order chi connectivity index (χ0) is 20.1. The molecule has 1 N–H and O–H groups in total. The largest absolute Gasteiger partial charge is 0.349 e. The van der Waals surface area contributed by atoms with Gasteiger partial charge in [-0.25, -0.2) is 4.39 Å². The van der Waals surface area contributed by atoms with E-state index in [4.69, 9.17) is 0 Å². The summed E-state index contributed by atoms with van der Waals surface area (Å²) in [5.41, 5.74) is 2.67. The fourth-order valence-electron chi connectivity index (χ4n) is 2.90. The third-order valence-electron chi connectivity index (χ3n) is 4.51. The van der Waals surface area contributed by atoms with Gasteiger partial charge in [0.2, 0.25) is 5.91 Å². The van der Waals surface area contributed by atoms with Gasteiger partial charge in [-0.1, -0.05) is 60.6 Å². The topological polar surface area (TPSA) is 59.8 Å². The van der Waals surface area contributed by atoms with Crippen LogP contribution in [0.2, 0.25) is 0 Å². The van der Waals surface area contributed by atoms with Gasteiger partial charge in [-0.2, -0.15) is 0 Å². The number of aromatic nitrogens is 3. The molecule has 7 heteroatoms. The molecule has 3 aromatic rings. The fraction of sp³-hybridized carbons (Fsp3) is 0.286. The summed E-state index contributed by atoms with van der Waals surface area (Å²) in [5.74, 6) is 0.224. The molecular formula is C21H23FN4OS. The quantitative estimate of drug-likeness (QED) is 0.603. The molecule has 5 nitrogen and oxygen atoms in total. The second kappa shape index (κ2) is 9.01. The van der Waals surface area contributed by atoms with E-state index in [2.05, 4.69) is 15.5 Å². The minimum absolute atomic E-state index is 0.0258. The number of nitrogens with one attached hydrogen (secondary N) is 1. The van der Waals surface area contributed by atoms with Gasteiger partial charge in [-0.15, -0.1) is 10.2 Å². The second-order valence-corrected chi connectivity index (χ2v) is 7.52. The van der Waals surface area contributed by atoms with Gasteiger partial charge in [0.1, 0.15) is 5.82 Å². The van der Waals surface area contributed by atoms with Crippen molar-refractivity contribution in [3.8, 4) is 11.4 Å². The Bertz CT molecular complexity index is 955. The lowest BCUT2D eigenvalue weighted by Crippen LogP contribution is -2.29. The summed E-state index contributed by atoms with van der Waals surface area (Å²) in [6, 6.07) is 14.6. The highest BCUT2D eigenvalue weighted by molar-refractivity contribution is 7.99. The number of amides is 1. The highest BCUT2D eigenvalue weighted by Crippen LogP contribution is 2.25. The number of halogens is 1. The van der Waals surface area contributed by atoms with Crippen LogP contribution in [-0.2, 0) is 11.8 Å². The van der Waals surface area contributed by atoms with E-state index in [-0.39, 0.29) is 23.5 Å². The van der Waals surface area contributed by atoms with Crippen molar-refractivity contribution in [3.63, 3.8) is 0 Å². The summed E-state index contributed by atoms with van der Waals surface area (Å²) in [6.07, 6.45) is 0.806. The number of rotatable bonds is 7. The maximum absolute atomic E-state index is 14.0. The van der Waals surface area contributed by atoms with Crippen LogP contribution in [0.5, 0.6) is 0 Å². The van der Waals surface area contributed by atoms with Gasteiger partial charge in [-0.3, -0.25) is 4.79 Å². The lowest BCUT2D eigenvalue weighted by molar-refractivity contribution is -0.119. The highest BCUT2D eigenvalue weighted by Gasteiger charge is 2.17. The average Bonchev–Trinajstić information content (AvgIpc) is 3.06. The second-order valence-electron chi connectivity index (χ2n) is 6.57. The van der Waals surface area contributed by atoms with E-state index in [0.717, 1.165) is 12.0 Å². The molecule has 0 bridgehead atoms. The van der Waals surface area contributed by atoms with Crippen LogP contribution >= 0.6 is 11.8 Å². The number of aryl methyl sites for hydroxylation is 1. The third kappa shape index (κ3) is 4.59. The molecule has 0 spiro atoms. The van der Waals surface area contributed by atoms with E-state index >= 15 is 0 Å². The van der Waals surface area contributed by atoms with Crippen LogP contribution in [-0.4, -0.2) is 26.4 Å². The van der Waals surface area contributed by atoms with Crippen molar-refractivity contribution in [1.82, 2.24) is 20.1 Å². The van der Waals surface area contributed by atoms with E-state index in [9.17, 15) is 9.18 Å². The first-order chi connectivity index (χ1) is 13.5. The molecule has 0 radical (unpaired) electrons. The normalized spacial score (nSPS) is 12.0. The van der Waals surface area contributed by atoms with E-state index < -0.39 is 0 Å². The van der Waals surface area contributed by atoms with Crippen molar-refractivity contribution in [1.29, 1.82) is 0 Å². The molecule has 3 rings (SSSR count). The molecule has 0 fully saturated rings. The summed E-state index contributed by atoms with van der Waals surface area (Å²) in [5, 5.41) is 11.8. The van der Waals surface area contributed by atoms with Gasteiger partial charge in [0.25, 0.3) is 0 Å². The van der Waals surface area contributed by atoms with Crippen molar-refractivity contribution in [2.24, 2.45) is 7.05 Å². The van der Waals surface area contributed by atoms with Crippen molar-refractivity contribution >= 4 is 17.7 Å². The van der Waals surface area contributed by atoms with Crippen LogP contribution in [0.25, 0.3) is 11.4 Å². The Labute approximate surface area is 168 Å². The predicted molar refractivity (Wildman–Crippen MR) is 109 cm³/mol. The lowest BCUT2D eigenvalue weighted by Gasteiger charge is -2.17. The molecule has 1 amide bonds. The maximum Gasteiger partial charge on any atom is 0.230 e.